The summed E-state index contributed by atoms with van der Waals surface area (Å²) in [4.78, 5) is 15.3. The first-order valence-corrected chi connectivity index (χ1v) is 12.0. The monoisotopic (exact) mass is 449 g/mol. The molecule has 1 N–H and O–H groups in total. The Bertz CT molecular complexity index is 974. The predicted octanol–water partition coefficient (Wildman–Crippen LogP) is 3.77. The van der Waals surface area contributed by atoms with E-state index in [9.17, 15) is 13.2 Å². The van der Waals surface area contributed by atoms with Gasteiger partial charge in [0.1, 0.15) is 0 Å². The summed E-state index contributed by atoms with van der Waals surface area (Å²) < 4.78 is 27.3. The first kappa shape index (κ1) is 22.6. The Hall–Kier alpha value is -2.09. The van der Waals surface area contributed by atoms with Crippen molar-refractivity contribution < 1.29 is 13.2 Å². The van der Waals surface area contributed by atoms with Crippen LogP contribution in [0.3, 0.4) is 0 Å². The van der Waals surface area contributed by atoms with Crippen LogP contribution < -0.4 is 9.62 Å². The largest absolute Gasteiger partial charge is 0.349 e. The Morgan fingerprint density at radius 2 is 1.83 bits per heavy atom. The van der Waals surface area contributed by atoms with Gasteiger partial charge < -0.3 is 10.2 Å². The third-order valence-corrected chi connectivity index (χ3v) is 7.53. The van der Waals surface area contributed by atoms with E-state index >= 15 is 0 Å². The number of anilines is 1. The lowest BCUT2D eigenvalue weighted by atomic mass is 10.0. The van der Waals surface area contributed by atoms with Gasteiger partial charge in [-0.25, -0.2) is 8.42 Å². The van der Waals surface area contributed by atoms with Crippen molar-refractivity contribution in [2.45, 2.75) is 37.1 Å². The summed E-state index contributed by atoms with van der Waals surface area (Å²) in [5.41, 5.74) is 0.715. The molecule has 2 aromatic rings. The molecule has 6 nitrogen and oxygen atoms in total. The van der Waals surface area contributed by atoms with E-state index < -0.39 is 10.0 Å². The Morgan fingerprint density at radius 3 is 2.47 bits per heavy atom. The van der Waals surface area contributed by atoms with Gasteiger partial charge >= 0.3 is 0 Å². The minimum Gasteiger partial charge on any atom is -0.349 e. The fourth-order valence-corrected chi connectivity index (χ4v) is 5.08. The number of likely N-dealkylation sites (tertiary alicyclic amines) is 1. The number of halogens is 1. The van der Waals surface area contributed by atoms with Crippen molar-refractivity contribution in [2.75, 3.05) is 31.0 Å². The second-order valence-electron chi connectivity index (χ2n) is 7.54. The van der Waals surface area contributed by atoms with Crippen LogP contribution >= 0.6 is 11.6 Å². The lowest BCUT2D eigenvalue weighted by Gasteiger charge is -2.32. The second kappa shape index (κ2) is 9.81. The number of nitrogens with one attached hydrogen (secondary N) is 1. The summed E-state index contributed by atoms with van der Waals surface area (Å²) in [5.74, 6) is -0.339. The summed E-state index contributed by atoms with van der Waals surface area (Å²) in [7, 11) is -2.33. The van der Waals surface area contributed by atoms with Crippen LogP contribution in [0.5, 0.6) is 0 Å². The minimum atomic E-state index is -3.82. The Balaban J connectivity index is 1.76. The molecule has 0 aliphatic carbocycles. The van der Waals surface area contributed by atoms with Crippen LogP contribution in [0.1, 0.15) is 36.5 Å². The van der Waals surface area contributed by atoms with Gasteiger partial charge in [0.15, 0.2) is 0 Å². The molecule has 8 heteroatoms. The first-order valence-electron chi connectivity index (χ1n) is 10.2. The van der Waals surface area contributed by atoms with Gasteiger partial charge in [-0.05, 0) is 56.1 Å². The number of hydrogen-bond acceptors (Lipinski definition) is 4. The molecule has 0 bridgehead atoms. The normalized spacial score (nSPS) is 15.7. The van der Waals surface area contributed by atoms with Gasteiger partial charge in [-0.2, -0.15) is 0 Å². The van der Waals surface area contributed by atoms with Crippen LogP contribution in [-0.2, 0) is 10.0 Å². The zero-order valence-corrected chi connectivity index (χ0v) is 18.9. The molecule has 1 heterocycles. The number of carbonyl (C=O) groups excluding carboxylic acids is 1. The maximum Gasteiger partial charge on any atom is 0.264 e. The quantitative estimate of drug-likeness (QED) is 0.698. The first-order chi connectivity index (χ1) is 14.3. The average Bonchev–Trinajstić information content (AvgIpc) is 2.75. The highest BCUT2D eigenvalue weighted by Crippen LogP contribution is 2.26. The predicted molar refractivity (Wildman–Crippen MR) is 121 cm³/mol. The van der Waals surface area contributed by atoms with Gasteiger partial charge in [-0.3, -0.25) is 9.10 Å². The molecule has 0 saturated carbocycles. The van der Waals surface area contributed by atoms with Gasteiger partial charge in [-0.1, -0.05) is 36.7 Å². The summed E-state index contributed by atoms with van der Waals surface area (Å²) >= 11 is 6.24. The van der Waals surface area contributed by atoms with Crippen LogP contribution in [0.15, 0.2) is 53.4 Å². The molecule has 1 saturated heterocycles. The van der Waals surface area contributed by atoms with E-state index in [-0.39, 0.29) is 27.4 Å². The number of hydrogen-bond donors (Lipinski definition) is 1. The van der Waals surface area contributed by atoms with Crippen molar-refractivity contribution >= 4 is 33.2 Å². The van der Waals surface area contributed by atoms with E-state index in [0.717, 1.165) is 38.9 Å². The molecule has 0 radical (unpaired) electrons. The number of nitrogens with zero attached hydrogens (tertiary/aromatic N) is 2. The van der Waals surface area contributed by atoms with E-state index in [2.05, 4.69) is 17.1 Å². The fraction of sp³-hybridized carbons (Fsp3) is 0.409. The van der Waals surface area contributed by atoms with Crippen LogP contribution in [-0.4, -0.2) is 51.9 Å². The van der Waals surface area contributed by atoms with Crippen LogP contribution in [0, 0.1) is 0 Å². The lowest BCUT2D eigenvalue weighted by molar-refractivity contribution is 0.0911. The van der Waals surface area contributed by atoms with Crippen molar-refractivity contribution in [3.63, 3.8) is 0 Å². The third-order valence-electron chi connectivity index (χ3n) is 5.42. The number of rotatable bonds is 7. The summed E-state index contributed by atoms with van der Waals surface area (Å²) in [6, 6.07) is 13.1. The molecule has 2 aromatic carbocycles. The molecular weight excluding hydrogens is 422 g/mol. The lowest BCUT2D eigenvalue weighted by Crippen LogP contribution is -2.44. The van der Waals surface area contributed by atoms with Gasteiger partial charge in [0.25, 0.3) is 15.9 Å². The molecule has 0 aromatic heterocycles. The highest BCUT2D eigenvalue weighted by atomic mass is 35.5. The molecule has 0 unspecified atom stereocenters. The number of piperidine rings is 1. The van der Waals surface area contributed by atoms with Crippen molar-refractivity contribution in [1.29, 1.82) is 0 Å². The SMILES string of the molecule is CCCN1CCC(NC(=O)c2cc(S(=O)(=O)N(C)c3ccccc3)ccc2Cl)CC1. The zero-order valence-electron chi connectivity index (χ0n) is 17.3. The van der Waals surface area contributed by atoms with Crippen molar-refractivity contribution in [2.24, 2.45) is 0 Å². The van der Waals surface area contributed by atoms with Gasteiger partial charge in [0.2, 0.25) is 0 Å². The third kappa shape index (κ3) is 5.14. The molecule has 3 rings (SSSR count). The number of sulfonamides is 1. The molecule has 0 atom stereocenters. The molecule has 162 valence electrons. The van der Waals surface area contributed by atoms with Crippen LogP contribution in [0.2, 0.25) is 5.02 Å². The number of carbonyl (C=O) groups is 1. The van der Waals surface area contributed by atoms with E-state index in [4.69, 9.17) is 11.6 Å². The van der Waals surface area contributed by atoms with Gasteiger partial charge in [0.05, 0.1) is 21.2 Å². The van der Waals surface area contributed by atoms with Crippen molar-refractivity contribution in [3.05, 3.63) is 59.1 Å². The summed E-state index contributed by atoms with van der Waals surface area (Å²) in [5, 5.41) is 3.25. The van der Waals surface area contributed by atoms with Crippen LogP contribution in [0.4, 0.5) is 5.69 Å². The van der Waals surface area contributed by atoms with E-state index in [1.807, 2.05) is 6.07 Å². The summed E-state index contributed by atoms with van der Waals surface area (Å²) in [6.07, 6.45) is 2.86. The average molecular weight is 450 g/mol. The molecule has 0 spiro atoms. The smallest absolute Gasteiger partial charge is 0.264 e. The molecule has 1 aliphatic rings. The maximum atomic E-state index is 13.1. The number of benzene rings is 2. The van der Waals surface area contributed by atoms with E-state index in [0.29, 0.717) is 5.69 Å². The Labute approximate surface area is 183 Å². The standard InChI is InChI=1S/C22H28ClN3O3S/c1-3-13-26-14-11-17(12-15-26)24-22(27)20-16-19(9-10-21(20)23)30(28,29)25(2)18-7-5-4-6-8-18/h4-10,16-17H,3,11-15H2,1-2H3,(H,24,27). The Morgan fingerprint density at radius 1 is 1.17 bits per heavy atom. The molecule has 1 fully saturated rings. The Kier molecular flexibility index (Phi) is 7.39. The highest BCUT2D eigenvalue weighted by Gasteiger charge is 2.25. The van der Waals surface area contributed by atoms with Gasteiger partial charge in [-0.15, -0.1) is 0 Å². The molecule has 1 amide bonds. The molecular formula is C22H28ClN3O3S. The minimum absolute atomic E-state index is 0.0289. The molecule has 30 heavy (non-hydrogen) atoms. The fourth-order valence-electron chi connectivity index (χ4n) is 3.65. The maximum absolute atomic E-state index is 13.1. The van der Waals surface area contributed by atoms with Crippen molar-refractivity contribution in [3.8, 4) is 0 Å². The number of amides is 1. The van der Waals surface area contributed by atoms with Crippen LogP contribution in [0.25, 0.3) is 0 Å². The topological polar surface area (TPSA) is 69.7 Å². The summed E-state index contributed by atoms with van der Waals surface area (Å²) in [6.45, 7) is 5.12. The highest BCUT2D eigenvalue weighted by molar-refractivity contribution is 7.92. The van der Waals surface area contributed by atoms with Crippen molar-refractivity contribution in [1.82, 2.24) is 10.2 Å². The molecule has 1 aliphatic heterocycles. The number of para-hydroxylation sites is 1. The second-order valence-corrected chi connectivity index (χ2v) is 9.92. The van der Waals surface area contributed by atoms with E-state index in [1.165, 1.54) is 29.6 Å². The zero-order chi connectivity index (χ0) is 21.7. The van der Waals surface area contributed by atoms with E-state index in [1.54, 1.807) is 24.3 Å². The van der Waals surface area contributed by atoms with Gasteiger partial charge in [0, 0.05) is 26.2 Å².